The SMILES string of the molecule is CCOCCOCCCCCN. The molecule has 0 aromatic heterocycles. The van der Waals surface area contributed by atoms with Gasteiger partial charge in [-0.05, 0) is 32.7 Å². The summed E-state index contributed by atoms with van der Waals surface area (Å²) in [6.45, 7) is 5.83. The molecule has 3 nitrogen and oxygen atoms in total. The molecule has 74 valence electrons. The molecule has 0 aliphatic rings. The van der Waals surface area contributed by atoms with E-state index in [2.05, 4.69) is 0 Å². The Balaban J connectivity index is 2.73. The van der Waals surface area contributed by atoms with Gasteiger partial charge in [0.05, 0.1) is 13.2 Å². The second-order valence-corrected chi connectivity index (χ2v) is 2.66. The maximum atomic E-state index is 5.35. The molecule has 0 unspecified atom stereocenters. The smallest absolute Gasteiger partial charge is 0.0700 e. The van der Waals surface area contributed by atoms with Crippen molar-refractivity contribution < 1.29 is 9.47 Å². The van der Waals surface area contributed by atoms with Crippen LogP contribution in [-0.4, -0.2) is 33.0 Å². The number of hydrogen-bond donors (Lipinski definition) is 1. The van der Waals surface area contributed by atoms with E-state index in [4.69, 9.17) is 15.2 Å². The number of ether oxygens (including phenoxy) is 2. The molecule has 0 aliphatic heterocycles. The molecule has 0 radical (unpaired) electrons. The third kappa shape index (κ3) is 9.88. The van der Waals surface area contributed by atoms with Gasteiger partial charge in [-0.15, -0.1) is 0 Å². The highest BCUT2D eigenvalue weighted by molar-refractivity contribution is 4.41. The molecule has 0 aromatic rings. The van der Waals surface area contributed by atoms with Crippen LogP contribution < -0.4 is 5.73 Å². The maximum absolute atomic E-state index is 5.35. The fourth-order valence-electron chi connectivity index (χ4n) is 0.889. The molecule has 0 saturated carbocycles. The van der Waals surface area contributed by atoms with Gasteiger partial charge in [0.15, 0.2) is 0 Å². The second-order valence-electron chi connectivity index (χ2n) is 2.66. The van der Waals surface area contributed by atoms with Crippen LogP contribution >= 0.6 is 0 Å². The van der Waals surface area contributed by atoms with Crippen LogP contribution in [0.5, 0.6) is 0 Å². The molecular weight excluding hydrogens is 154 g/mol. The molecule has 0 bridgehead atoms. The summed E-state index contributed by atoms with van der Waals surface area (Å²) in [6, 6.07) is 0. The van der Waals surface area contributed by atoms with Gasteiger partial charge in [0.2, 0.25) is 0 Å². The Kier molecular flexibility index (Phi) is 10.8. The van der Waals surface area contributed by atoms with Gasteiger partial charge in [0, 0.05) is 13.2 Å². The lowest BCUT2D eigenvalue weighted by molar-refractivity contribution is 0.0513. The van der Waals surface area contributed by atoms with Crippen LogP contribution in [0.15, 0.2) is 0 Å². The van der Waals surface area contributed by atoms with Crippen molar-refractivity contribution in [1.29, 1.82) is 0 Å². The van der Waals surface area contributed by atoms with Crippen LogP contribution in [0, 0.1) is 0 Å². The lowest BCUT2D eigenvalue weighted by Gasteiger charge is -2.03. The lowest BCUT2D eigenvalue weighted by atomic mass is 10.2. The van der Waals surface area contributed by atoms with Gasteiger partial charge in [0.1, 0.15) is 0 Å². The van der Waals surface area contributed by atoms with Crippen molar-refractivity contribution in [2.45, 2.75) is 26.2 Å². The summed E-state index contributed by atoms with van der Waals surface area (Å²) in [5.41, 5.74) is 5.35. The first-order chi connectivity index (χ1) is 5.91. The lowest BCUT2D eigenvalue weighted by Crippen LogP contribution is -2.05. The van der Waals surface area contributed by atoms with Crippen LogP contribution in [0.1, 0.15) is 26.2 Å². The van der Waals surface area contributed by atoms with E-state index in [1.165, 1.54) is 6.42 Å². The third-order valence-electron chi connectivity index (χ3n) is 1.57. The van der Waals surface area contributed by atoms with Crippen molar-refractivity contribution in [3.63, 3.8) is 0 Å². The Bertz CT molecular complexity index is 68.9. The molecule has 0 saturated heterocycles. The van der Waals surface area contributed by atoms with Gasteiger partial charge in [-0.1, -0.05) is 0 Å². The summed E-state index contributed by atoms with van der Waals surface area (Å²) in [6.07, 6.45) is 3.39. The molecule has 0 heterocycles. The highest BCUT2D eigenvalue weighted by Crippen LogP contribution is 1.93. The quantitative estimate of drug-likeness (QED) is 0.535. The third-order valence-corrected chi connectivity index (χ3v) is 1.57. The first kappa shape index (κ1) is 11.9. The summed E-state index contributed by atoms with van der Waals surface area (Å²) in [4.78, 5) is 0. The van der Waals surface area contributed by atoms with Gasteiger partial charge in [0.25, 0.3) is 0 Å². The Morgan fingerprint density at radius 3 is 2.33 bits per heavy atom. The highest BCUT2D eigenvalue weighted by atomic mass is 16.5. The standard InChI is InChI=1S/C9H21NO2/c1-2-11-8-9-12-7-5-3-4-6-10/h2-10H2,1H3. The fourth-order valence-corrected chi connectivity index (χ4v) is 0.889. The Morgan fingerprint density at radius 2 is 1.67 bits per heavy atom. The molecule has 0 aromatic carbocycles. The summed E-state index contributed by atoms with van der Waals surface area (Å²) < 4.78 is 10.4. The zero-order valence-electron chi connectivity index (χ0n) is 8.05. The van der Waals surface area contributed by atoms with E-state index in [-0.39, 0.29) is 0 Å². The van der Waals surface area contributed by atoms with Crippen molar-refractivity contribution in [3.05, 3.63) is 0 Å². The fraction of sp³-hybridized carbons (Fsp3) is 1.00. The van der Waals surface area contributed by atoms with E-state index in [9.17, 15) is 0 Å². The number of nitrogens with two attached hydrogens (primary N) is 1. The van der Waals surface area contributed by atoms with Crippen molar-refractivity contribution in [2.75, 3.05) is 33.0 Å². The maximum Gasteiger partial charge on any atom is 0.0700 e. The van der Waals surface area contributed by atoms with Crippen molar-refractivity contribution in [3.8, 4) is 0 Å². The van der Waals surface area contributed by atoms with E-state index in [1.807, 2.05) is 6.92 Å². The molecule has 0 rings (SSSR count). The topological polar surface area (TPSA) is 44.5 Å². The van der Waals surface area contributed by atoms with Crippen LogP contribution in [0.3, 0.4) is 0 Å². The zero-order valence-corrected chi connectivity index (χ0v) is 8.05. The van der Waals surface area contributed by atoms with E-state index >= 15 is 0 Å². The first-order valence-corrected chi connectivity index (χ1v) is 4.77. The summed E-state index contributed by atoms with van der Waals surface area (Å²) in [5.74, 6) is 0. The van der Waals surface area contributed by atoms with Gasteiger partial charge < -0.3 is 15.2 Å². The Hall–Kier alpha value is -0.120. The number of unbranched alkanes of at least 4 members (excludes halogenated alkanes) is 2. The summed E-state index contributed by atoms with van der Waals surface area (Å²) >= 11 is 0. The van der Waals surface area contributed by atoms with Crippen LogP contribution in [0.25, 0.3) is 0 Å². The Labute approximate surface area is 75.2 Å². The molecular formula is C9H21NO2. The minimum absolute atomic E-state index is 0.716. The molecule has 0 aliphatic carbocycles. The molecule has 2 N–H and O–H groups in total. The van der Waals surface area contributed by atoms with Gasteiger partial charge in [-0.3, -0.25) is 0 Å². The minimum Gasteiger partial charge on any atom is -0.379 e. The van der Waals surface area contributed by atoms with Gasteiger partial charge in [-0.2, -0.15) is 0 Å². The molecule has 12 heavy (non-hydrogen) atoms. The predicted octanol–water partition coefficient (Wildman–Crippen LogP) is 1.17. The normalized spacial score (nSPS) is 10.5. The average molecular weight is 175 g/mol. The van der Waals surface area contributed by atoms with E-state index in [0.717, 1.165) is 39.2 Å². The van der Waals surface area contributed by atoms with Crippen LogP contribution in [0.2, 0.25) is 0 Å². The van der Waals surface area contributed by atoms with Crippen LogP contribution in [0.4, 0.5) is 0 Å². The highest BCUT2D eigenvalue weighted by Gasteiger charge is 1.89. The summed E-state index contributed by atoms with van der Waals surface area (Å²) in [7, 11) is 0. The molecule has 0 amide bonds. The van der Waals surface area contributed by atoms with Crippen molar-refractivity contribution in [1.82, 2.24) is 0 Å². The van der Waals surface area contributed by atoms with E-state index < -0.39 is 0 Å². The zero-order chi connectivity index (χ0) is 9.07. The van der Waals surface area contributed by atoms with Gasteiger partial charge in [-0.25, -0.2) is 0 Å². The van der Waals surface area contributed by atoms with E-state index in [1.54, 1.807) is 0 Å². The number of rotatable bonds is 9. The Morgan fingerprint density at radius 1 is 0.917 bits per heavy atom. The minimum atomic E-state index is 0.716. The second kappa shape index (κ2) is 10.9. The van der Waals surface area contributed by atoms with Crippen LogP contribution in [-0.2, 0) is 9.47 Å². The average Bonchev–Trinajstić information content (AvgIpc) is 2.10. The monoisotopic (exact) mass is 175 g/mol. The predicted molar refractivity (Wildman–Crippen MR) is 50.2 cm³/mol. The molecule has 0 fully saturated rings. The summed E-state index contributed by atoms with van der Waals surface area (Å²) in [5, 5.41) is 0. The van der Waals surface area contributed by atoms with E-state index in [0.29, 0.717) is 6.61 Å². The molecule has 0 atom stereocenters. The first-order valence-electron chi connectivity index (χ1n) is 4.77. The number of hydrogen-bond acceptors (Lipinski definition) is 3. The molecule has 3 heteroatoms. The van der Waals surface area contributed by atoms with Crippen molar-refractivity contribution >= 4 is 0 Å². The van der Waals surface area contributed by atoms with Gasteiger partial charge >= 0.3 is 0 Å². The van der Waals surface area contributed by atoms with Crippen molar-refractivity contribution in [2.24, 2.45) is 5.73 Å². The largest absolute Gasteiger partial charge is 0.379 e. The molecule has 0 spiro atoms.